The maximum atomic E-state index is 10.6. The number of phenolic OH excluding ortho intramolecular Hbond substituents is 1. The Hall–Kier alpha value is -1.55. The molecular weight excluding hydrogens is 194 g/mol. The number of phenols is 1. The number of carboxylic acids is 1. The van der Waals surface area contributed by atoms with Gasteiger partial charge in [-0.15, -0.1) is 0 Å². The minimum absolute atomic E-state index is 0.252. The quantitative estimate of drug-likeness (QED) is 0.692. The maximum Gasteiger partial charge on any atom is 0.320 e. The van der Waals surface area contributed by atoms with Crippen molar-refractivity contribution in [2.24, 2.45) is 5.73 Å². The molecule has 0 amide bonds. The highest BCUT2D eigenvalue weighted by atomic mass is 16.4. The molecule has 1 aromatic carbocycles. The summed E-state index contributed by atoms with van der Waals surface area (Å²) in [7, 11) is 0. The van der Waals surface area contributed by atoms with Crippen molar-refractivity contribution in [3.8, 4) is 5.75 Å². The Balaban J connectivity index is 2.92. The van der Waals surface area contributed by atoms with E-state index in [1.165, 1.54) is 0 Å². The summed E-state index contributed by atoms with van der Waals surface area (Å²) in [5.41, 5.74) is 7.73. The molecule has 0 aliphatic carbocycles. The summed E-state index contributed by atoms with van der Waals surface area (Å²) >= 11 is 0. The van der Waals surface area contributed by atoms with Crippen LogP contribution in [-0.4, -0.2) is 22.2 Å². The number of carboxylic acid groups (broad SMARTS) is 1. The molecule has 0 unspecified atom stereocenters. The van der Waals surface area contributed by atoms with E-state index in [1.807, 2.05) is 0 Å². The van der Waals surface area contributed by atoms with Crippen LogP contribution in [0.4, 0.5) is 0 Å². The third-order valence-electron chi connectivity index (χ3n) is 2.32. The van der Waals surface area contributed by atoms with Gasteiger partial charge < -0.3 is 15.9 Å². The fourth-order valence-electron chi connectivity index (χ4n) is 1.50. The van der Waals surface area contributed by atoms with E-state index in [2.05, 4.69) is 0 Å². The highest BCUT2D eigenvalue weighted by molar-refractivity contribution is 5.73. The van der Waals surface area contributed by atoms with Crippen molar-refractivity contribution in [2.45, 2.75) is 26.3 Å². The molecular formula is C11H15NO3. The van der Waals surface area contributed by atoms with Crippen molar-refractivity contribution in [1.82, 2.24) is 0 Å². The lowest BCUT2D eigenvalue weighted by molar-refractivity contribution is -0.138. The van der Waals surface area contributed by atoms with E-state index < -0.39 is 12.0 Å². The van der Waals surface area contributed by atoms with Gasteiger partial charge in [0.2, 0.25) is 0 Å². The highest BCUT2D eigenvalue weighted by Crippen LogP contribution is 2.23. The van der Waals surface area contributed by atoms with Gasteiger partial charge in [-0.05, 0) is 37.0 Å². The molecule has 0 heterocycles. The predicted molar refractivity (Wildman–Crippen MR) is 56.9 cm³/mol. The molecule has 0 aromatic heterocycles. The Morgan fingerprint density at radius 3 is 2.27 bits per heavy atom. The zero-order valence-electron chi connectivity index (χ0n) is 8.82. The van der Waals surface area contributed by atoms with Gasteiger partial charge in [-0.3, -0.25) is 4.79 Å². The van der Waals surface area contributed by atoms with Crippen LogP contribution < -0.4 is 5.73 Å². The normalized spacial score (nSPS) is 12.5. The van der Waals surface area contributed by atoms with Gasteiger partial charge in [-0.2, -0.15) is 0 Å². The minimum Gasteiger partial charge on any atom is -0.507 e. The molecule has 0 bridgehead atoms. The van der Waals surface area contributed by atoms with Crippen LogP contribution in [0.5, 0.6) is 5.75 Å². The van der Waals surface area contributed by atoms with Gasteiger partial charge in [0.05, 0.1) is 0 Å². The second-order valence-electron chi connectivity index (χ2n) is 3.73. The minimum atomic E-state index is -1.02. The van der Waals surface area contributed by atoms with E-state index >= 15 is 0 Å². The van der Waals surface area contributed by atoms with Crippen molar-refractivity contribution in [3.05, 3.63) is 28.8 Å². The smallest absolute Gasteiger partial charge is 0.320 e. The number of hydrogen-bond donors (Lipinski definition) is 3. The van der Waals surface area contributed by atoms with Crippen LogP contribution in [0.25, 0.3) is 0 Å². The van der Waals surface area contributed by atoms with E-state index in [0.29, 0.717) is 0 Å². The third kappa shape index (κ3) is 2.70. The van der Waals surface area contributed by atoms with Crippen molar-refractivity contribution in [3.63, 3.8) is 0 Å². The second-order valence-corrected chi connectivity index (χ2v) is 3.73. The molecule has 82 valence electrons. The van der Waals surface area contributed by atoms with E-state index in [1.54, 1.807) is 26.0 Å². The number of aryl methyl sites for hydroxylation is 2. The fourth-order valence-corrected chi connectivity index (χ4v) is 1.50. The number of aliphatic carboxylic acids is 1. The summed E-state index contributed by atoms with van der Waals surface area (Å²) in [6.45, 7) is 3.55. The van der Waals surface area contributed by atoms with Gasteiger partial charge in [0.1, 0.15) is 11.8 Å². The summed E-state index contributed by atoms with van der Waals surface area (Å²) in [6, 6.07) is 2.62. The Morgan fingerprint density at radius 1 is 1.40 bits per heavy atom. The monoisotopic (exact) mass is 209 g/mol. The van der Waals surface area contributed by atoms with Crippen LogP contribution in [0.3, 0.4) is 0 Å². The molecule has 4 N–H and O–H groups in total. The SMILES string of the molecule is Cc1cc(C[C@H](N)C(=O)O)cc(C)c1O. The molecule has 0 saturated carbocycles. The van der Waals surface area contributed by atoms with Gasteiger partial charge in [0.25, 0.3) is 0 Å². The number of aromatic hydroxyl groups is 1. The molecule has 1 aromatic rings. The Labute approximate surface area is 88.3 Å². The summed E-state index contributed by atoms with van der Waals surface area (Å²) in [5.74, 6) is -0.763. The molecule has 0 radical (unpaired) electrons. The van der Waals surface area contributed by atoms with Crippen LogP contribution in [0.15, 0.2) is 12.1 Å². The first-order chi connectivity index (χ1) is 6.91. The predicted octanol–water partition coefficient (Wildman–Crippen LogP) is 0.963. The lowest BCUT2D eigenvalue weighted by Gasteiger charge is -2.10. The topological polar surface area (TPSA) is 83.6 Å². The molecule has 15 heavy (non-hydrogen) atoms. The van der Waals surface area contributed by atoms with Gasteiger partial charge >= 0.3 is 5.97 Å². The summed E-state index contributed by atoms with van der Waals surface area (Å²) in [6.07, 6.45) is 0.275. The van der Waals surface area contributed by atoms with E-state index in [9.17, 15) is 9.90 Å². The van der Waals surface area contributed by atoms with Crippen LogP contribution >= 0.6 is 0 Å². The Bertz CT molecular complexity index is 364. The molecule has 0 aliphatic rings. The summed E-state index contributed by atoms with van der Waals surface area (Å²) < 4.78 is 0. The van der Waals surface area contributed by atoms with Crippen LogP contribution in [0.2, 0.25) is 0 Å². The first-order valence-corrected chi connectivity index (χ1v) is 4.69. The zero-order chi connectivity index (χ0) is 11.6. The van der Waals surface area contributed by atoms with Crippen molar-refractivity contribution in [2.75, 3.05) is 0 Å². The van der Waals surface area contributed by atoms with E-state index in [0.717, 1.165) is 16.7 Å². The maximum absolute atomic E-state index is 10.6. The first kappa shape index (κ1) is 11.5. The number of rotatable bonds is 3. The molecule has 4 nitrogen and oxygen atoms in total. The Kier molecular flexibility index (Phi) is 3.31. The van der Waals surface area contributed by atoms with Gasteiger partial charge in [0, 0.05) is 0 Å². The molecule has 0 aliphatic heterocycles. The van der Waals surface area contributed by atoms with Crippen molar-refractivity contribution < 1.29 is 15.0 Å². The van der Waals surface area contributed by atoms with E-state index in [-0.39, 0.29) is 12.2 Å². The Morgan fingerprint density at radius 2 is 1.87 bits per heavy atom. The number of nitrogens with two attached hydrogens (primary N) is 1. The molecule has 1 rings (SSSR count). The zero-order valence-corrected chi connectivity index (χ0v) is 8.82. The first-order valence-electron chi connectivity index (χ1n) is 4.69. The average Bonchev–Trinajstić information content (AvgIpc) is 2.13. The largest absolute Gasteiger partial charge is 0.507 e. The van der Waals surface area contributed by atoms with Gasteiger partial charge in [-0.1, -0.05) is 12.1 Å². The summed E-state index contributed by atoms with van der Waals surface area (Å²) in [4.78, 5) is 10.6. The molecule has 4 heteroatoms. The lowest BCUT2D eigenvalue weighted by atomic mass is 10.0. The molecule has 0 saturated heterocycles. The lowest BCUT2D eigenvalue weighted by Crippen LogP contribution is -2.32. The van der Waals surface area contributed by atoms with E-state index in [4.69, 9.17) is 10.8 Å². The van der Waals surface area contributed by atoms with Gasteiger partial charge in [0.15, 0.2) is 0 Å². The van der Waals surface area contributed by atoms with Crippen LogP contribution in [-0.2, 0) is 11.2 Å². The van der Waals surface area contributed by atoms with Crippen LogP contribution in [0, 0.1) is 13.8 Å². The third-order valence-corrected chi connectivity index (χ3v) is 2.32. The van der Waals surface area contributed by atoms with Gasteiger partial charge in [-0.25, -0.2) is 0 Å². The molecule has 0 fully saturated rings. The number of carbonyl (C=O) groups is 1. The molecule has 1 atom stereocenters. The average molecular weight is 209 g/mol. The fraction of sp³-hybridized carbons (Fsp3) is 0.364. The standard InChI is InChI=1S/C11H15NO3/c1-6-3-8(4-7(2)10(6)13)5-9(12)11(14)15/h3-4,9,13H,5,12H2,1-2H3,(H,14,15)/t9-/m0/s1. The number of benzene rings is 1. The van der Waals surface area contributed by atoms with Crippen LogP contribution in [0.1, 0.15) is 16.7 Å². The highest BCUT2D eigenvalue weighted by Gasteiger charge is 2.13. The second kappa shape index (κ2) is 4.31. The number of hydrogen-bond acceptors (Lipinski definition) is 3. The van der Waals surface area contributed by atoms with Crippen molar-refractivity contribution >= 4 is 5.97 Å². The van der Waals surface area contributed by atoms with Crippen molar-refractivity contribution in [1.29, 1.82) is 0 Å². The summed E-state index contributed by atoms with van der Waals surface area (Å²) in [5, 5.41) is 18.2. The molecule has 0 spiro atoms.